The van der Waals surface area contributed by atoms with E-state index in [2.05, 4.69) is 27.8 Å². The Kier molecular flexibility index (Phi) is 5.69. The molecule has 0 saturated carbocycles. The summed E-state index contributed by atoms with van der Waals surface area (Å²) in [5, 5.41) is 0.131. The van der Waals surface area contributed by atoms with Crippen molar-refractivity contribution in [2.24, 2.45) is 5.41 Å². The SMILES string of the molecule is Cc1c(CCN2CCC3(CC2)CCN(c2ccc(S(C)(=O)=O)nc2)C3)ccc2c1COC2=O. The summed E-state index contributed by atoms with van der Waals surface area (Å²) in [6.45, 7) is 7.75. The smallest absolute Gasteiger partial charge is 0.338 e. The lowest BCUT2D eigenvalue weighted by Gasteiger charge is -2.39. The topological polar surface area (TPSA) is 79.8 Å². The number of benzene rings is 1. The second-order valence-electron chi connectivity index (χ2n) is 9.84. The van der Waals surface area contributed by atoms with E-state index in [1.807, 2.05) is 12.1 Å². The van der Waals surface area contributed by atoms with Crippen LogP contribution in [-0.4, -0.2) is 63.3 Å². The first-order valence-corrected chi connectivity index (χ1v) is 13.6. The van der Waals surface area contributed by atoms with E-state index in [0.29, 0.717) is 12.0 Å². The molecule has 0 N–H and O–H groups in total. The molecule has 1 aromatic heterocycles. The quantitative estimate of drug-likeness (QED) is 0.623. The van der Waals surface area contributed by atoms with Gasteiger partial charge in [-0.3, -0.25) is 0 Å². The number of cyclic esters (lactones) is 1. The van der Waals surface area contributed by atoms with E-state index < -0.39 is 9.84 Å². The molecule has 0 unspecified atom stereocenters. The number of carbonyl (C=O) groups excluding carboxylic acids is 1. The van der Waals surface area contributed by atoms with Gasteiger partial charge in [0, 0.05) is 31.5 Å². The molecule has 1 aromatic carbocycles. The Hall–Kier alpha value is -2.45. The Labute approximate surface area is 195 Å². The van der Waals surface area contributed by atoms with Crippen LogP contribution in [0.4, 0.5) is 5.69 Å². The van der Waals surface area contributed by atoms with E-state index in [-0.39, 0.29) is 11.0 Å². The number of ether oxygens (including phenoxy) is 1. The van der Waals surface area contributed by atoms with Crippen LogP contribution in [0.25, 0.3) is 0 Å². The molecular formula is C25H31N3O4S. The molecule has 0 bridgehead atoms. The number of hydrogen-bond donors (Lipinski definition) is 0. The number of rotatable bonds is 5. The molecule has 2 saturated heterocycles. The molecule has 176 valence electrons. The summed E-state index contributed by atoms with van der Waals surface area (Å²) in [7, 11) is -3.27. The number of carbonyl (C=O) groups is 1. The highest BCUT2D eigenvalue weighted by atomic mass is 32.2. The van der Waals surface area contributed by atoms with Gasteiger partial charge in [0.25, 0.3) is 0 Å². The second kappa shape index (κ2) is 8.40. The first-order chi connectivity index (χ1) is 15.7. The van der Waals surface area contributed by atoms with Crippen LogP contribution in [0.1, 0.15) is 46.3 Å². The number of aromatic nitrogens is 1. The van der Waals surface area contributed by atoms with Gasteiger partial charge in [-0.2, -0.15) is 0 Å². The molecule has 8 heteroatoms. The summed E-state index contributed by atoms with van der Waals surface area (Å²) in [4.78, 5) is 20.8. The van der Waals surface area contributed by atoms with Gasteiger partial charge in [-0.05, 0) is 80.4 Å². The largest absolute Gasteiger partial charge is 0.457 e. The standard InChI is InChI=1S/C25H31N3O4S/c1-18-19(3-5-21-22(18)16-32-24(21)29)7-11-27-12-8-25(9-13-27)10-14-28(17-25)20-4-6-23(26-15-20)33(2,30)31/h3-6,15H,7-14,16-17H2,1-2H3. The lowest BCUT2D eigenvalue weighted by atomic mass is 9.77. The molecule has 0 aliphatic carbocycles. The highest BCUT2D eigenvalue weighted by Crippen LogP contribution is 2.42. The Morgan fingerprint density at radius 3 is 2.55 bits per heavy atom. The number of hydrogen-bond acceptors (Lipinski definition) is 7. The number of likely N-dealkylation sites (tertiary alicyclic amines) is 1. The van der Waals surface area contributed by atoms with Crippen molar-refractivity contribution < 1.29 is 17.9 Å². The monoisotopic (exact) mass is 469 g/mol. The fourth-order valence-electron chi connectivity index (χ4n) is 5.54. The lowest BCUT2D eigenvalue weighted by Crippen LogP contribution is -2.42. The first-order valence-electron chi connectivity index (χ1n) is 11.7. The summed E-state index contributed by atoms with van der Waals surface area (Å²) in [6, 6.07) is 7.50. The summed E-state index contributed by atoms with van der Waals surface area (Å²) in [6.07, 6.45) is 7.42. The molecule has 0 atom stereocenters. The van der Waals surface area contributed by atoms with Crippen molar-refractivity contribution >= 4 is 21.5 Å². The van der Waals surface area contributed by atoms with E-state index in [1.165, 1.54) is 36.6 Å². The van der Waals surface area contributed by atoms with Crippen LogP contribution >= 0.6 is 0 Å². The molecule has 33 heavy (non-hydrogen) atoms. The van der Waals surface area contributed by atoms with Crippen LogP contribution < -0.4 is 4.90 Å². The maximum Gasteiger partial charge on any atom is 0.338 e. The van der Waals surface area contributed by atoms with E-state index in [0.717, 1.165) is 56.0 Å². The Morgan fingerprint density at radius 1 is 1.09 bits per heavy atom. The normalized spacial score (nSPS) is 20.3. The molecule has 2 aromatic rings. The summed E-state index contributed by atoms with van der Waals surface area (Å²) >= 11 is 0. The van der Waals surface area contributed by atoms with Crippen LogP contribution in [-0.2, 0) is 27.6 Å². The number of pyridine rings is 1. The van der Waals surface area contributed by atoms with Crippen molar-refractivity contribution in [3.63, 3.8) is 0 Å². The zero-order valence-corrected chi connectivity index (χ0v) is 20.2. The predicted octanol–water partition coefficient (Wildman–Crippen LogP) is 3.00. The molecule has 1 spiro atoms. The van der Waals surface area contributed by atoms with E-state index >= 15 is 0 Å². The number of esters is 1. The maximum atomic E-state index is 11.8. The van der Waals surface area contributed by atoms with Gasteiger partial charge >= 0.3 is 5.97 Å². The molecule has 4 heterocycles. The Morgan fingerprint density at radius 2 is 1.85 bits per heavy atom. The van der Waals surface area contributed by atoms with Gasteiger partial charge in [-0.25, -0.2) is 18.2 Å². The Bertz CT molecular complexity index is 1170. The van der Waals surface area contributed by atoms with Crippen molar-refractivity contribution in [2.75, 3.05) is 43.9 Å². The lowest BCUT2D eigenvalue weighted by molar-refractivity contribution is 0.0535. The summed E-state index contributed by atoms with van der Waals surface area (Å²) < 4.78 is 28.5. The molecule has 2 fully saturated rings. The van der Waals surface area contributed by atoms with Crippen molar-refractivity contribution in [3.8, 4) is 0 Å². The van der Waals surface area contributed by atoms with Crippen molar-refractivity contribution in [2.45, 2.75) is 44.2 Å². The van der Waals surface area contributed by atoms with Crippen LogP contribution in [0, 0.1) is 12.3 Å². The van der Waals surface area contributed by atoms with E-state index in [4.69, 9.17) is 4.74 Å². The average molecular weight is 470 g/mol. The van der Waals surface area contributed by atoms with Gasteiger partial charge < -0.3 is 14.5 Å². The number of fused-ring (bicyclic) bond motifs is 1. The second-order valence-corrected chi connectivity index (χ2v) is 11.8. The van der Waals surface area contributed by atoms with Gasteiger partial charge in [0.05, 0.1) is 17.4 Å². The zero-order valence-electron chi connectivity index (χ0n) is 19.3. The fraction of sp³-hybridized carbons (Fsp3) is 0.520. The van der Waals surface area contributed by atoms with Gasteiger partial charge in [0.2, 0.25) is 0 Å². The maximum absolute atomic E-state index is 11.8. The minimum absolute atomic E-state index is 0.131. The first kappa shape index (κ1) is 22.3. The molecule has 3 aliphatic heterocycles. The van der Waals surface area contributed by atoms with Crippen molar-refractivity contribution in [1.82, 2.24) is 9.88 Å². The van der Waals surface area contributed by atoms with Crippen LogP contribution in [0.2, 0.25) is 0 Å². The number of nitrogens with zero attached hydrogens (tertiary/aromatic N) is 3. The minimum atomic E-state index is -3.27. The number of sulfone groups is 1. The third kappa shape index (κ3) is 4.38. The van der Waals surface area contributed by atoms with Crippen molar-refractivity contribution in [3.05, 3.63) is 52.7 Å². The number of piperidine rings is 1. The highest BCUT2D eigenvalue weighted by molar-refractivity contribution is 7.90. The zero-order chi connectivity index (χ0) is 23.2. The molecular weight excluding hydrogens is 438 g/mol. The third-order valence-corrected chi connectivity index (χ3v) is 8.80. The molecule has 7 nitrogen and oxygen atoms in total. The molecule has 5 rings (SSSR count). The fourth-order valence-corrected chi connectivity index (χ4v) is 6.10. The third-order valence-electron chi connectivity index (χ3n) is 7.80. The summed E-state index contributed by atoms with van der Waals surface area (Å²) in [5.74, 6) is -0.200. The average Bonchev–Trinajstić information content (AvgIpc) is 3.39. The van der Waals surface area contributed by atoms with E-state index in [1.54, 1.807) is 12.3 Å². The van der Waals surface area contributed by atoms with Crippen LogP contribution in [0.3, 0.4) is 0 Å². The van der Waals surface area contributed by atoms with Gasteiger partial charge in [-0.1, -0.05) is 6.07 Å². The summed E-state index contributed by atoms with van der Waals surface area (Å²) in [5.41, 5.74) is 5.64. The van der Waals surface area contributed by atoms with Crippen molar-refractivity contribution in [1.29, 1.82) is 0 Å². The minimum Gasteiger partial charge on any atom is -0.457 e. The van der Waals surface area contributed by atoms with Gasteiger partial charge in [-0.15, -0.1) is 0 Å². The molecule has 3 aliphatic rings. The number of anilines is 1. The predicted molar refractivity (Wildman–Crippen MR) is 126 cm³/mol. The van der Waals surface area contributed by atoms with Crippen LogP contribution in [0.5, 0.6) is 0 Å². The van der Waals surface area contributed by atoms with Crippen LogP contribution in [0.15, 0.2) is 35.5 Å². The van der Waals surface area contributed by atoms with Gasteiger partial charge in [0.1, 0.15) is 6.61 Å². The van der Waals surface area contributed by atoms with E-state index in [9.17, 15) is 13.2 Å². The highest BCUT2D eigenvalue weighted by Gasteiger charge is 2.40. The van der Waals surface area contributed by atoms with Gasteiger partial charge in [0.15, 0.2) is 14.9 Å². The molecule has 0 radical (unpaired) electrons. The molecule has 0 amide bonds. The Balaban J connectivity index is 1.15.